The van der Waals surface area contributed by atoms with Crippen molar-refractivity contribution in [2.45, 2.75) is 355 Å². The Morgan fingerprint density at radius 1 is 0.578 bits per heavy atom. The van der Waals surface area contributed by atoms with Crippen molar-refractivity contribution in [3.8, 4) is 0 Å². The molecule has 14 N–H and O–H groups in total. The summed E-state index contributed by atoms with van der Waals surface area (Å²) in [5.41, 5.74) is 0. The van der Waals surface area contributed by atoms with Crippen LogP contribution in [0, 0.1) is 0 Å². The summed E-state index contributed by atoms with van der Waals surface area (Å²) in [6, 6.07) is -2.62. The van der Waals surface area contributed by atoms with E-state index >= 15 is 0 Å². The van der Waals surface area contributed by atoms with Crippen molar-refractivity contribution < 1.29 is 104 Å². The largest absolute Gasteiger partial charge is 0.477 e. The molecule has 3 fully saturated rings. The Bertz CT molecular complexity index is 1920. The number of hydrogen-bond donors (Lipinski definition) is 14. The van der Waals surface area contributed by atoms with E-state index in [-0.39, 0.29) is 12.3 Å². The molecule has 18 unspecified atom stereocenters. The van der Waals surface area contributed by atoms with Gasteiger partial charge in [-0.15, -0.1) is 0 Å². The quantitative estimate of drug-likeness (QED) is 0.0243. The molecule has 0 radical (unpaired) electrons. The fraction of sp³-hybridized carbons (Fsp3) is 0.896. The Morgan fingerprint density at radius 2 is 1.04 bits per heavy atom. The van der Waals surface area contributed by atoms with Crippen LogP contribution in [-0.2, 0) is 42.8 Å². The molecule has 0 aliphatic carbocycles. The second kappa shape index (κ2) is 48.0. The van der Waals surface area contributed by atoms with Gasteiger partial charge in [0.25, 0.3) is 5.79 Å². The lowest BCUT2D eigenvalue weighted by Gasteiger charge is -2.50. The highest BCUT2D eigenvalue weighted by atomic mass is 16.8. The summed E-state index contributed by atoms with van der Waals surface area (Å²) in [5.74, 6) is -6.15. The third-order valence-corrected chi connectivity index (χ3v) is 17.6. The Hall–Kier alpha value is -2.79. The summed E-state index contributed by atoms with van der Waals surface area (Å²) in [6.07, 6.45) is 17.9. The Balaban J connectivity index is 1.61. The average molecular weight is 1290 g/mol. The van der Waals surface area contributed by atoms with E-state index in [1.165, 1.54) is 141 Å². The van der Waals surface area contributed by atoms with Gasteiger partial charge in [0.2, 0.25) is 11.8 Å². The van der Waals surface area contributed by atoms with Gasteiger partial charge in [-0.05, 0) is 44.9 Å². The fourth-order valence-electron chi connectivity index (χ4n) is 12.1. The van der Waals surface area contributed by atoms with E-state index in [2.05, 4.69) is 36.6 Å². The highest BCUT2D eigenvalue weighted by molar-refractivity contribution is 5.77. The Kier molecular flexibility index (Phi) is 43.4. The van der Waals surface area contributed by atoms with E-state index in [0.717, 1.165) is 64.7 Å². The molecule has 3 aliphatic heterocycles. The van der Waals surface area contributed by atoms with Crippen LogP contribution >= 0.6 is 0 Å². The first-order valence-corrected chi connectivity index (χ1v) is 34.7. The van der Waals surface area contributed by atoms with Crippen LogP contribution < -0.4 is 10.6 Å². The summed E-state index contributed by atoms with van der Waals surface area (Å²) >= 11 is 0. The van der Waals surface area contributed by atoms with Crippen molar-refractivity contribution in [1.29, 1.82) is 0 Å². The summed E-state index contributed by atoms with van der Waals surface area (Å²) in [6.45, 7) is 2.13. The molecule has 0 aromatic heterocycles. The molecule has 2 amide bonds. The third-order valence-electron chi connectivity index (χ3n) is 17.6. The van der Waals surface area contributed by atoms with Gasteiger partial charge in [0.05, 0.1) is 50.7 Å². The maximum Gasteiger partial charge on any atom is 0.364 e. The molecule has 23 nitrogen and oxygen atoms in total. The van der Waals surface area contributed by atoms with Crippen LogP contribution in [0.3, 0.4) is 0 Å². The minimum atomic E-state index is -3.08. The predicted octanol–water partition coefficient (Wildman–Crippen LogP) is 6.06. The van der Waals surface area contributed by atoms with Crippen molar-refractivity contribution in [2.24, 2.45) is 0 Å². The first kappa shape index (κ1) is 81.4. The highest BCUT2D eigenvalue weighted by Gasteiger charge is 2.60. The first-order valence-electron chi connectivity index (χ1n) is 34.7. The number of rotatable bonds is 52. The minimum Gasteiger partial charge on any atom is -0.477 e. The molecular weight excluding hydrogens is 1170 g/mol. The molecule has 90 heavy (non-hydrogen) atoms. The lowest BCUT2D eigenvalue weighted by Crippen LogP contribution is -2.70. The zero-order valence-electron chi connectivity index (χ0n) is 54.7. The van der Waals surface area contributed by atoms with Crippen molar-refractivity contribution in [3.63, 3.8) is 0 Å². The molecule has 3 heterocycles. The SMILES string of the molecule is CCCCCCCCC/C=C\CCCCCCCC(=O)NC(COC1OC(CO)C(OC2OC(CO)C(O)C(OC3(C(=O)O)CC(O)C(NC(C)=O)C(C(O)C(O)CO)O3)C2O)C(O)C1O)C(O)/C=C/CCCCCCCCCCCCCCCCCCCC. The number of carboxylic acids is 1. The Labute approximate surface area is 536 Å². The van der Waals surface area contributed by atoms with Crippen LogP contribution in [0.5, 0.6) is 0 Å². The normalized spacial score (nSPS) is 28.7. The van der Waals surface area contributed by atoms with E-state index in [4.69, 9.17) is 28.4 Å². The van der Waals surface area contributed by atoms with Crippen molar-refractivity contribution >= 4 is 17.8 Å². The van der Waals surface area contributed by atoms with Gasteiger partial charge in [-0.25, -0.2) is 4.79 Å². The smallest absolute Gasteiger partial charge is 0.364 e. The van der Waals surface area contributed by atoms with Gasteiger partial charge < -0.3 is 100 Å². The minimum absolute atomic E-state index is 0.191. The summed E-state index contributed by atoms with van der Waals surface area (Å²) in [4.78, 5) is 38.5. The molecule has 3 saturated heterocycles. The van der Waals surface area contributed by atoms with Crippen molar-refractivity contribution in [3.05, 3.63) is 24.3 Å². The van der Waals surface area contributed by atoms with Crippen LogP contribution in [0.25, 0.3) is 0 Å². The zero-order chi connectivity index (χ0) is 66.1. The van der Waals surface area contributed by atoms with Gasteiger partial charge in [-0.3, -0.25) is 9.59 Å². The molecule has 3 rings (SSSR count). The molecule has 3 aliphatic rings. The number of ether oxygens (including phenoxy) is 6. The molecule has 0 aromatic carbocycles. The van der Waals surface area contributed by atoms with Crippen molar-refractivity contribution in [2.75, 3.05) is 26.4 Å². The fourth-order valence-corrected chi connectivity index (χ4v) is 12.1. The maximum absolute atomic E-state index is 13.4. The summed E-state index contributed by atoms with van der Waals surface area (Å²) in [7, 11) is 0. The van der Waals surface area contributed by atoms with Gasteiger partial charge >= 0.3 is 5.97 Å². The van der Waals surface area contributed by atoms with Crippen LogP contribution in [-0.4, -0.2) is 215 Å². The topological polar surface area (TPSA) is 373 Å². The molecular formula is C67H122N2O21. The van der Waals surface area contributed by atoms with Gasteiger partial charge in [-0.1, -0.05) is 205 Å². The van der Waals surface area contributed by atoms with Gasteiger partial charge in [-0.2, -0.15) is 0 Å². The molecule has 526 valence electrons. The molecule has 0 bridgehead atoms. The molecule has 18 atom stereocenters. The third kappa shape index (κ3) is 30.3. The summed E-state index contributed by atoms with van der Waals surface area (Å²) < 4.78 is 34.8. The maximum atomic E-state index is 13.4. The van der Waals surface area contributed by atoms with E-state index in [9.17, 15) is 75.7 Å². The van der Waals surface area contributed by atoms with E-state index in [0.29, 0.717) is 12.8 Å². The summed E-state index contributed by atoms with van der Waals surface area (Å²) in [5, 5.41) is 136. The lowest BCUT2D eigenvalue weighted by atomic mass is 9.88. The Morgan fingerprint density at radius 3 is 1.51 bits per heavy atom. The number of aliphatic hydroxyl groups excluding tert-OH is 11. The number of nitrogens with one attached hydrogen (secondary N) is 2. The van der Waals surface area contributed by atoms with Crippen LogP contribution in [0.1, 0.15) is 245 Å². The number of carbonyl (C=O) groups excluding carboxylic acids is 2. The predicted molar refractivity (Wildman–Crippen MR) is 338 cm³/mol. The molecule has 0 saturated carbocycles. The second-order valence-corrected chi connectivity index (χ2v) is 25.4. The van der Waals surface area contributed by atoms with Gasteiger partial charge in [0.1, 0.15) is 67.1 Å². The average Bonchev–Trinajstić information content (AvgIpc) is 0.837. The standard InChI is InChI=1S/C67H122N2O21/c1-4-6-8-10-12-14-16-18-20-22-23-24-25-26-28-30-32-34-36-38-40-49(74)48(69-54(77)41-39-37-35-33-31-29-27-21-19-17-15-13-11-9-7-5-2)46-85-64-59(81)58(80)61(53(45-72)87-64)88-65-60(82)63(57(79)52(44-71)86-65)90-67(66(83)84)42-50(75)55(68-47(3)73)62(89-67)56(78)51(76)43-70/h21,27,38,40,48-53,55-65,70-72,74-76,78-82H,4-20,22-26,28-37,39,41-46H2,1-3H3,(H,68,73)(H,69,77)(H,83,84)/b27-21-,40-38+. The highest BCUT2D eigenvalue weighted by Crippen LogP contribution is 2.39. The number of amides is 2. The number of allylic oxidation sites excluding steroid dienone is 3. The lowest BCUT2D eigenvalue weighted by molar-refractivity contribution is -0.386. The van der Waals surface area contributed by atoms with Gasteiger partial charge in [0, 0.05) is 19.8 Å². The number of aliphatic carboxylic acids is 1. The first-order chi connectivity index (χ1) is 43.4. The van der Waals surface area contributed by atoms with E-state index < -0.39 is 155 Å². The van der Waals surface area contributed by atoms with Crippen LogP contribution in [0.2, 0.25) is 0 Å². The second-order valence-electron chi connectivity index (χ2n) is 25.4. The van der Waals surface area contributed by atoms with Crippen LogP contribution in [0.15, 0.2) is 24.3 Å². The molecule has 23 heteroatoms. The number of aliphatic hydroxyl groups is 11. The number of unbranched alkanes of at least 4 members (excludes halogenated alkanes) is 30. The van der Waals surface area contributed by atoms with Gasteiger partial charge in [0.15, 0.2) is 12.6 Å². The number of carboxylic acid groups (broad SMARTS) is 1. The van der Waals surface area contributed by atoms with Crippen molar-refractivity contribution in [1.82, 2.24) is 10.6 Å². The monoisotopic (exact) mass is 1290 g/mol. The van der Waals surface area contributed by atoms with E-state index in [1.807, 2.05) is 6.08 Å². The molecule has 0 spiro atoms. The van der Waals surface area contributed by atoms with Crippen LogP contribution in [0.4, 0.5) is 0 Å². The number of hydrogen-bond acceptors (Lipinski definition) is 20. The van der Waals surface area contributed by atoms with E-state index in [1.54, 1.807) is 6.08 Å². The molecule has 0 aromatic rings. The number of carbonyl (C=O) groups is 3. The zero-order valence-corrected chi connectivity index (χ0v) is 54.7.